The van der Waals surface area contributed by atoms with E-state index in [0.717, 1.165) is 34.0 Å². The number of benzene rings is 2. The van der Waals surface area contributed by atoms with Crippen LogP contribution in [0, 0.1) is 13.8 Å². The lowest BCUT2D eigenvalue weighted by Crippen LogP contribution is -2.30. The summed E-state index contributed by atoms with van der Waals surface area (Å²) in [7, 11) is 3.27. The highest BCUT2D eigenvalue weighted by atomic mass is 32.1. The monoisotopic (exact) mass is 500 g/mol. The average molecular weight is 501 g/mol. The number of ether oxygens (including phenoxy) is 2. The van der Waals surface area contributed by atoms with Crippen molar-refractivity contribution in [2.45, 2.75) is 25.9 Å². The van der Waals surface area contributed by atoms with Crippen molar-refractivity contribution in [1.29, 1.82) is 0 Å². The molecule has 3 heterocycles. The predicted molar refractivity (Wildman–Crippen MR) is 144 cm³/mol. The van der Waals surface area contributed by atoms with Gasteiger partial charge in [-0.3, -0.25) is 4.98 Å². The van der Waals surface area contributed by atoms with Gasteiger partial charge in [0.15, 0.2) is 5.11 Å². The van der Waals surface area contributed by atoms with Crippen LogP contribution in [0.25, 0.3) is 5.69 Å². The van der Waals surface area contributed by atoms with Crippen LogP contribution in [0.3, 0.4) is 0 Å². The molecule has 184 valence electrons. The van der Waals surface area contributed by atoms with Gasteiger partial charge in [-0.25, -0.2) is 0 Å². The maximum absolute atomic E-state index is 10.6. The summed E-state index contributed by atoms with van der Waals surface area (Å²) in [6.07, 6.45) is 1.79. The van der Waals surface area contributed by atoms with E-state index in [4.69, 9.17) is 21.7 Å². The Morgan fingerprint density at radius 2 is 1.72 bits per heavy atom. The first kappa shape index (κ1) is 23.7. The van der Waals surface area contributed by atoms with E-state index < -0.39 is 0 Å². The highest BCUT2D eigenvalue weighted by Gasteiger charge is 2.43. The standard InChI is InChI=1S/C28H28N4O3S/c1-17-15-20(18(2)31(17)22-10-5-6-11-24(22)33)27-26(21-9-7-8-14-29-21)30-28(36)32(27)23-13-12-19(34-3)16-25(23)35-4/h5-16,26-27,33H,1-4H3,(H,30,36)/t26-,27-/m1/s1. The third-order valence-corrected chi connectivity index (χ3v) is 6.97. The Balaban J connectivity index is 1.71. The van der Waals surface area contributed by atoms with Crippen LogP contribution in [0.5, 0.6) is 17.2 Å². The molecule has 7 nitrogen and oxygen atoms in total. The topological polar surface area (TPSA) is 71.8 Å². The number of aromatic nitrogens is 2. The van der Waals surface area contributed by atoms with Crippen LogP contribution in [0.15, 0.2) is 72.9 Å². The number of nitrogens with one attached hydrogen (secondary N) is 1. The average Bonchev–Trinajstić information content (AvgIpc) is 3.39. The lowest BCUT2D eigenvalue weighted by atomic mass is 9.96. The number of anilines is 1. The molecule has 0 radical (unpaired) electrons. The first-order chi connectivity index (χ1) is 17.4. The van der Waals surface area contributed by atoms with Crippen LogP contribution in [-0.2, 0) is 0 Å². The van der Waals surface area contributed by atoms with Gasteiger partial charge in [-0.05, 0) is 74.1 Å². The van der Waals surface area contributed by atoms with Crippen molar-refractivity contribution >= 4 is 23.0 Å². The SMILES string of the molecule is COc1ccc(N2C(=S)N[C@H](c3ccccn3)[C@H]2c2cc(C)n(-c3ccccc3O)c2C)c(OC)c1. The summed E-state index contributed by atoms with van der Waals surface area (Å²) in [5, 5.41) is 14.7. The van der Waals surface area contributed by atoms with E-state index in [1.807, 2.05) is 61.5 Å². The molecule has 1 fully saturated rings. The van der Waals surface area contributed by atoms with Gasteiger partial charge in [0.25, 0.3) is 0 Å². The summed E-state index contributed by atoms with van der Waals surface area (Å²) in [5.41, 5.74) is 5.51. The molecule has 0 spiro atoms. The van der Waals surface area contributed by atoms with Crippen molar-refractivity contribution in [3.63, 3.8) is 0 Å². The zero-order valence-corrected chi connectivity index (χ0v) is 21.4. The number of phenolic OH excluding ortho intramolecular Hbond substituents is 1. The summed E-state index contributed by atoms with van der Waals surface area (Å²) < 4.78 is 13.2. The Morgan fingerprint density at radius 1 is 0.944 bits per heavy atom. The van der Waals surface area contributed by atoms with E-state index in [2.05, 4.69) is 32.8 Å². The van der Waals surface area contributed by atoms with Crippen molar-refractivity contribution in [1.82, 2.24) is 14.9 Å². The molecule has 0 amide bonds. The van der Waals surface area contributed by atoms with Gasteiger partial charge in [-0.15, -0.1) is 0 Å². The van der Waals surface area contributed by atoms with E-state index >= 15 is 0 Å². The van der Waals surface area contributed by atoms with E-state index in [9.17, 15) is 5.11 Å². The molecule has 36 heavy (non-hydrogen) atoms. The molecule has 1 aliphatic rings. The molecule has 0 aliphatic carbocycles. The zero-order valence-electron chi connectivity index (χ0n) is 20.6. The first-order valence-corrected chi connectivity index (χ1v) is 12.0. The molecule has 5 rings (SSSR count). The van der Waals surface area contributed by atoms with Crippen LogP contribution in [0.1, 0.15) is 34.7 Å². The number of pyridine rings is 1. The number of aromatic hydroxyl groups is 1. The molecule has 0 saturated carbocycles. The molecule has 2 aromatic carbocycles. The second kappa shape index (κ2) is 9.54. The van der Waals surface area contributed by atoms with Gasteiger partial charge >= 0.3 is 0 Å². The molecule has 4 aromatic rings. The van der Waals surface area contributed by atoms with Crippen molar-refractivity contribution in [2.75, 3.05) is 19.1 Å². The highest BCUT2D eigenvalue weighted by molar-refractivity contribution is 7.80. The van der Waals surface area contributed by atoms with E-state index in [1.165, 1.54) is 0 Å². The fourth-order valence-corrected chi connectivity index (χ4v) is 5.36. The number of rotatable bonds is 6. The summed E-state index contributed by atoms with van der Waals surface area (Å²) in [6, 6.07) is 20.7. The molecular formula is C28H28N4O3S. The van der Waals surface area contributed by atoms with Crippen molar-refractivity contribution in [3.05, 3.63) is 95.6 Å². The molecule has 0 bridgehead atoms. The second-order valence-electron chi connectivity index (χ2n) is 8.68. The second-order valence-corrected chi connectivity index (χ2v) is 9.07. The third-order valence-electron chi connectivity index (χ3n) is 6.66. The third kappa shape index (κ3) is 3.93. The molecule has 1 saturated heterocycles. The molecule has 1 aliphatic heterocycles. The number of nitrogens with zero attached hydrogens (tertiary/aromatic N) is 3. The number of phenols is 1. The minimum absolute atomic E-state index is 0.205. The van der Waals surface area contributed by atoms with Crippen LogP contribution in [0.4, 0.5) is 5.69 Å². The van der Waals surface area contributed by atoms with Crippen LogP contribution < -0.4 is 19.7 Å². The number of hydrogen-bond acceptors (Lipinski definition) is 5. The molecule has 8 heteroatoms. The fraction of sp³-hybridized carbons (Fsp3) is 0.214. The smallest absolute Gasteiger partial charge is 0.174 e. The molecule has 0 unspecified atom stereocenters. The van der Waals surface area contributed by atoms with Gasteiger partial charge in [0.1, 0.15) is 17.2 Å². The van der Waals surface area contributed by atoms with E-state index in [1.54, 1.807) is 26.5 Å². The summed E-state index contributed by atoms with van der Waals surface area (Å²) in [4.78, 5) is 6.74. The van der Waals surface area contributed by atoms with Gasteiger partial charge in [0.05, 0.1) is 43.4 Å². The number of methoxy groups -OCH3 is 2. The number of thiocarbonyl (C=S) groups is 1. The zero-order chi connectivity index (χ0) is 25.4. The number of para-hydroxylation sites is 2. The molecule has 2 N–H and O–H groups in total. The van der Waals surface area contributed by atoms with E-state index in [0.29, 0.717) is 16.6 Å². The van der Waals surface area contributed by atoms with Crippen LogP contribution in [0.2, 0.25) is 0 Å². The van der Waals surface area contributed by atoms with E-state index in [-0.39, 0.29) is 17.8 Å². The predicted octanol–water partition coefficient (Wildman–Crippen LogP) is 5.39. The Bertz CT molecular complexity index is 1420. The summed E-state index contributed by atoms with van der Waals surface area (Å²) in [6.45, 7) is 4.10. The Morgan fingerprint density at radius 3 is 2.42 bits per heavy atom. The summed E-state index contributed by atoms with van der Waals surface area (Å²) in [5.74, 6) is 1.57. The molecule has 2 atom stereocenters. The fourth-order valence-electron chi connectivity index (χ4n) is 5.03. The van der Waals surface area contributed by atoms with Crippen molar-refractivity contribution in [3.8, 4) is 22.9 Å². The number of aryl methyl sites for hydroxylation is 1. The molecular weight excluding hydrogens is 472 g/mol. The lowest BCUT2D eigenvalue weighted by Gasteiger charge is -2.29. The van der Waals surface area contributed by atoms with Crippen molar-refractivity contribution in [2.24, 2.45) is 0 Å². The quantitative estimate of drug-likeness (QED) is 0.344. The highest BCUT2D eigenvalue weighted by Crippen LogP contribution is 2.47. The van der Waals surface area contributed by atoms with Gasteiger partial charge in [-0.1, -0.05) is 18.2 Å². The number of hydrogen-bond donors (Lipinski definition) is 2. The minimum Gasteiger partial charge on any atom is -0.506 e. The van der Waals surface area contributed by atoms with Crippen molar-refractivity contribution < 1.29 is 14.6 Å². The Labute approximate surface area is 215 Å². The minimum atomic E-state index is -0.222. The summed E-state index contributed by atoms with van der Waals surface area (Å²) >= 11 is 5.90. The molecule has 2 aromatic heterocycles. The van der Waals surface area contributed by atoms with Crippen LogP contribution in [-0.4, -0.2) is 34.0 Å². The normalized spacial score (nSPS) is 17.2. The Kier molecular flexibility index (Phi) is 6.28. The lowest BCUT2D eigenvalue weighted by molar-refractivity contribution is 0.394. The maximum Gasteiger partial charge on any atom is 0.174 e. The Hall–Kier alpha value is -4.04. The van der Waals surface area contributed by atoms with Gasteiger partial charge in [-0.2, -0.15) is 0 Å². The van der Waals surface area contributed by atoms with Gasteiger partial charge in [0, 0.05) is 23.7 Å². The maximum atomic E-state index is 10.6. The largest absolute Gasteiger partial charge is 0.506 e. The first-order valence-electron chi connectivity index (χ1n) is 11.6. The van der Waals surface area contributed by atoms with Crippen LogP contribution >= 0.6 is 12.2 Å². The van der Waals surface area contributed by atoms with Gasteiger partial charge < -0.3 is 29.4 Å². The van der Waals surface area contributed by atoms with Gasteiger partial charge in [0.2, 0.25) is 0 Å².